The number of hydrogen-bond acceptors (Lipinski definition) is 5. The summed E-state index contributed by atoms with van der Waals surface area (Å²) < 4.78 is 23.8. The topological polar surface area (TPSA) is 87.7 Å². The molecular weight excluding hydrogens is 288 g/mol. The maximum Gasteiger partial charge on any atom is 0.178 e. The number of nitrogens with zero attached hydrogens (tertiary/aromatic N) is 2. The zero-order chi connectivity index (χ0) is 15.1. The summed E-state index contributed by atoms with van der Waals surface area (Å²) in [4.78, 5) is 4.44. The number of rotatable bonds is 8. The first-order chi connectivity index (χ1) is 10.1. The molecule has 1 aromatic heterocycles. The van der Waals surface area contributed by atoms with Crippen LogP contribution in [0.2, 0.25) is 0 Å². The van der Waals surface area contributed by atoms with E-state index in [0.29, 0.717) is 11.3 Å². The molecule has 7 heteroatoms. The molecule has 6 nitrogen and oxygen atoms in total. The Morgan fingerprint density at radius 2 is 2.00 bits per heavy atom. The minimum absolute atomic E-state index is 0.191. The molecule has 0 fully saturated rings. The van der Waals surface area contributed by atoms with E-state index in [-0.39, 0.29) is 5.75 Å². The largest absolute Gasteiger partial charge is 0.385 e. The lowest BCUT2D eigenvalue weighted by Crippen LogP contribution is -2.07. The van der Waals surface area contributed by atoms with Gasteiger partial charge in [0.15, 0.2) is 9.84 Å². The Kier molecular flexibility index (Phi) is 5.32. The lowest BCUT2D eigenvalue weighted by molar-refractivity contribution is 0.595. The highest BCUT2D eigenvalue weighted by atomic mass is 32.2. The molecule has 0 unspecified atom stereocenters. The quantitative estimate of drug-likeness (QED) is 0.729. The van der Waals surface area contributed by atoms with Gasteiger partial charge in [-0.2, -0.15) is 5.10 Å². The van der Waals surface area contributed by atoms with Gasteiger partial charge in [0.05, 0.1) is 10.6 Å². The highest BCUT2D eigenvalue weighted by molar-refractivity contribution is 7.91. The normalized spacial score (nSPS) is 11.5. The number of nitrogens with one attached hydrogen (secondary N) is 2. The Morgan fingerprint density at radius 3 is 2.62 bits per heavy atom. The van der Waals surface area contributed by atoms with Crippen molar-refractivity contribution in [2.24, 2.45) is 0 Å². The van der Waals surface area contributed by atoms with Crippen LogP contribution in [0.1, 0.15) is 25.6 Å². The second kappa shape index (κ2) is 7.21. The van der Waals surface area contributed by atoms with Crippen molar-refractivity contribution in [2.75, 3.05) is 17.6 Å². The second-order valence-corrected chi connectivity index (χ2v) is 6.91. The minimum Gasteiger partial charge on any atom is -0.385 e. The van der Waals surface area contributed by atoms with Crippen LogP contribution in [0.15, 0.2) is 35.5 Å². The summed E-state index contributed by atoms with van der Waals surface area (Å²) >= 11 is 0. The van der Waals surface area contributed by atoms with Gasteiger partial charge in [0.25, 0.3) is 0 Å². The number of hydrogen-bond donors (Lipinski definition) is 2. The molecule has 1 heterocycles. The molecule has 1 aromatic carbocycles. The maximum atomic E-state index is 11.9. The smallest absolute Gasteiger partial charge is 0.178 e. The van der Waals surface area contributed by atoms with E-state index in [9.17, 15) is 8.42 Å². The number of sulfone groups is 1. The number of aryl methyl sites for hydroxylation is 1. The van der Waals surface area contributed by atoms with Gasteiger partial charge in [-0.05, 0) is 37.1 Å². The summed E-state index contributed by atoms with van der Waals surface area (Å²) in [5, 5.41) is 9.87. The fourth-order valence-electron chi connectivity index (χ4n) is 2.01. The van der Waals surface area contributed by atoms with Crippen LogP contribution >= 0.6 is 0 Å². The molecule has 0 atom stereocenters. The van der Waals surface area contributed by atoms with Gasteiger partial charge in [0.1, 0.15) is 12.2 Å². The third-order valence-electron chi connectivity index (χ3n) is 3.07. The summed E-state index contributed by atoms with van der Waals surface area (Å²) in [7, 11) is -3.13. The zero-order valence-electron chi connectivity index (χ0n) is 12.0. The Bertz CT molecular complexity index is 636. The van der Waals surface area contributed by atoms with Crippen LogP contribution in [-0.4, -0.2) is 35.9 Å². The van der Waals surface area contributed by atoms with Crippen molar-refractivity contribution in [2.45, 2.75) is 31.1 Å². The predicted molar refractivity (Wildman–Crippen MR) is 82.0 cm³/mol. The number of anilines is 1. The van der Waals surface area contributed by atoms with Gasteiger partial charge in [-0.15, -0.1) is 0 Å². The molecule has 0 radical (unpaired) electrons. The molecule has 0 saturated carbocycles. The highest BCUT2D eigenvalue weighted by Crippen LogP contribution is 2.16. The maximum absolute atomic E-state index is 11.9. The van der Waals surface area contributed by atoms with Crippen molar-refractivity contribution in [3.05, 3.63) is 36.4 Å². The Morgan fingerprint density at radius 1 is 1.24 bits per heavy atom. The molecule has 2 rings (SSSR count). The number of aromatic nitrogens is 3. The van der Waals surface area contributed by atoms with E-state index in [2.05, 4.69) is 20.5 Å². The SMILES string of the molecule is CCCS(=O)(=O)c1ccc(NCCCc2ncn[nH]2)cc1. The summed E-state index contributed by atoms with van der Waals surface area (Å²) in [6, 6.07) is 6.92. The van der Waals surface area contributed by atoms with Crippen molar-refractivity contribution in [1.29, 1.82) is 0 Å². The number of H-pyrrole nitrogens is 1. The van der Waals surface area contributed by atoms with Gasteiger partial charge in [0, 0.05) is 18.7 Å². The van der Waals surface area contributed by atoms with E-state index < -0.39 is 9.84 Å². The van der Waals surface area contributed by atoms with Gasteiger partial charge < -0.3 is 5.32 Å². The fourth-order valence-corrected chi connectivity index (χ4v) is 3.33. The second-order valence-electron chi connectivity index (χ2n) is 4.81. The van der Waals surface area contributed by atoms with Crippen LogP contribution in [0.25, 0.3) is 0 Å². The monoisotopic (exact) mass is 308 g/mol. The Balaban J connectivity index is 1.82. The van der Waals surface area contributed by atoms with Crippen LogP contribution in [-0.2, 0) is 16.3 Å². The van der Waals surface area contributed by atoms with Gasteiger partial charge in [0.2, 0.25) is 0 Å². The third kappa shape index (κ3) is 4.56. The van der Waals surface area contributed by atoms with Crippen molar-refractivity contribution < 1.29 is 8.42 Å². The van der Waals surface area contributed by atoms with Crippen LogP contribution < -0.4 is 5.32 Å². The molecule has 2 aromatic rings. The number of benzene rings is 1. The molecule has 0 bridgehead atoms. The van der Waals surface area contributed by atoms with E-state index in [0.717, 1.165) is 30.9 Å². The van der Waals surface area contributed by atoms with Crippen LogP contribution in [0.5, 0.6) is 0 Å². The molecule has 0 aliphatic rings. The minimum atomic E-state index is -3.13. The van der Waals surface area contributed by atoms with Crippen LogP contribution in [0.3, 0.4) is 0 Å². The summed E-state index contributed by atoms with van der Waals surface area (Å²) in [6.07, 6.45) is 3.88. The van der Waals surface area contributed by atoms with Crippen molar-refractivity contribution in [3.8, 4) is 0 Å². The van der Waals surface area contributed by atoms with E-state index in [1.54, 1.807) is 24.3 Å². The summed E-state index contributed by atoms with van der Waals surface area (Å²) in [5.41, 5.74) is 0.919. The lowest BCUT2D eigenvalue weighted by atomic mass is 10.2. The van der Waals surface area contributed by atoms with Gasteiger partial charge in [-0.1, -0.05) is 6.92 Å². The molecular formula is C14H20N4O2S. The molecule has 0 aliphatic carbocycles. The van der Waals surface area contributed by atoms with Crippen molar-refractivity contribution in [3.63, 3.8) is 0 Å². The zero-order valence-corrected chi connectivity index (χ0v) is 12.9. The van der Waals surface area contributed by atoms with Crippen molar-refractivity contribution in [1.82, 2.24) is 15.2 Å². The Labute approximate surface area is 124 Å². The van der Waals surface area contributed by atoms with Gasteiger partial charge >= 0.3 is 0 Å². The average molecular weight is 308 g/mol. The number of aromatic amines is 1. The average Bonchev–Trinajstić information content (AvgIpc) is 2.97. The molecule has 21 heavy (non-hydrogen) atoms. The highest BCUT2D eigenvalue weighted by Gasteiger charge is 2.12. The van der Waals surface area contributed by atoms with E-state index in [4.69, 9.17) is 0 Å². The molecule has 0 aliphatic heterocycles. The van der Waals surface area contributed by atoms with E-state index >= 15 is 0 Å². The molecule has 0 saturated heterocycles. The van der Waals surface area contributed by atoms with Gasteiger partial charge in [-0.25, -0.2) is 13.4 Å². The van der Waals surface area contributed by atoms with Crippen molar-refractivity contribution >= 4 is 15.5 Å². The van der Waals surface area contributed by atoms with Crippen LogP contribution in [0, 0.1) is 0 Å². The lowest BCUT2D eigenvalue weighted by Gasteiger charge is -2.07. The molecule has 2 N–H and O–H groups in total. The first kappa shape index (κ1) is 15.5. The molecule has 0 spiro atoms. The first-order valence-corrected chi connectivity index (χ1v) is 8.68. The van der Waals surface area contributed by atoms with E-state index in [1.807, 2.05) is 6.92 Å². The standard InChI is InChI=1S/C14H20N4O2S/c1-2-10-21(19,20)13-7-5-12(6-8-13)15-9-3-4-14-16-11-17-18-14/h5-8,11,15H,2-4,9-10H2,1H3,(H,16,17,18). The predicted octanol–water partition coefficient (Wildman–Crippen LogP) is 2.03. The van der Waals surface area contributed by atoms with Crippen LogP contribution in [0.4, 0.5) is 5.69 Å². The Hall–Kier alpha value is -1.89. The summed E-state index contributed by atoms with van der Waals surface area (Å²) in [6.45, 7) is 2.66. The van der Waals surface area contributed by atoms with E-state index in [1.165, 1.54) is 6.33 Å². The fraction of sp³-hybridized carbons (Fsp3) is 0.429. The molecule has 114 valence electrons. The van der Waals surface area contributed by atoms with Gasteiger partial charge in [-0.3, -0.25) is 5.10 Å². The third-order valence-corrected chi connectivity index (χ3v) is 5.01. The first-order valence-electron chi connectivity index (χ1n) is 7.03. The molecule has 0 amide bonds. The summed E-state index contributed by atoms with van der Waals surface area (Å²) in [5.74, 6) is 1.06.